The summed E-state index contributed by atoms with van der Waals surface area (Å²) in [6.07, 6.45) is -3.24. The molecule has 3 aromatic rings. The van der Waals surface area contributed by atoms with Crippen LogP contribution >= 0.6 is 34.2 Å². The number of aromatic nitrogens is 3. The van der Waals surface area contributed by atoms with E-state index in [-0.39, 0.29) is 27.8 Å². The first-order valence-electron chi connectivity index (χ1n) is 8.78. The highest BCUT2D eigenvalue weighted by Crippen LogP contribution is 2.27. The van der Waals surface area contributed by atoms with E-state index in [1.165, 1.54) is 24.4 Å². The van der Waals surface area contributed by atoms with Crippen molar-refractivity contribution in [1.82, 2.24) is 14.8 Å². The average Bonchev–Trinajstić information content (AvgIpc) is 3.12. The summed E-state index contributed by atoms with van der Waals surface area (Å²) in [7, 11) is 0. The summed E-state index contributed by atoms with van der Waals surface area (Å²) in [4.78, 5) is 29.0. The molecule has 0 aliphatic rings. The first-order valence-corrected chi connectivity index (χ1v) is 10.2. The molecule has 0 bridgehead atoms. The molecular formula is C19H14ClF3IN5O3. The van der Waals surface area contributed by atoms with Crippen molar-refractivity contribution in [2.24, 2.45) is 5.73 Å². The highest BCUT2D eigenvalue weighted by atomic mass is 127. The zero-order valence-electron chi connectivity index (χ0n) is 16.2. The van der Waals surface area contributed by atoms with Crippen LogP contribution in [0.1, 0.15) is 26.4 Å². The Balaban J connectivity index is 2.05. The van der Waals surface area contributed by atoms with Gasteiger partial charge in [-0.15, -0.1) is 5.10 Å². The number of nitrogens with two attached hydrogens (primary N) is 1. The van der Waals surface area contributed by atoms with Crippen LogP contribution < -0.4 is 15.8 Å². The smallest absolute Gasteiger partial charge is 0.422 e. The van der Waals surface area contributed by atoms with Gasteiger partial charge < -0.3 is 15.8 Å². The van der Waals surface area contributed by atoms with E-state index in [9.17, 15) is 22.8 Å². The molecule has 0 fully saturated rings. The van der Waals surface area contributed by atoms with Gasteiger partial charge in [0.25, 0.3) is 11.8 Å². The lowest BCUT2D eigenvalue weighted by Crippen LogP contribution is -2.22. The van der Waals surface area contributed by atoms with Crippen LogP contribution in [0.3, 0.4) is 0 Å². The van der Waals surface area contributed by atoms with Crippen LogP contribution in [0.5, 0.6) is 5.88 Å². The fourth-order valence-electron chi connectivity index (χ4n) is 2.72. The van der Waals surface area contributed by atoms with E-state index in [4.69, 9.17) is 17.3 Å². The number of hydrogen-bond acceptors (Lipinski definition) is 5. The fraction of sp³-hybridized carbons (Fsp3) is 0.158. The van der Waals surface area contributed by atoms with Gasteiger partial charge in [-0.2, -0.15) is 13.2 Å². The molecule has 2 heterocycles. The number of aryl methyl sites for hydroxylation is 1. The Morgan fingerprint density at radius 2 is 2.03 bits per heavy atom. The van der Waals surface area contributed by atoms with Crippen LogP contribution in [0.2, 0.25) is 5.02 Å². The van der Waals surface area contributed by atoms with Crippen LogP contribution in [0, 0.1) is 10.5 Å². The van der Waals surface area contributed by atoms with Crippen molar-refractivity contribution < 1.29 is 27.5 Å². The molecule has 8 nitrogen and oxygen atoms in total. The van der Waals surface area contributed by atoms with Gasteiger partial charge in [0.1, 0.15) is 5.69 Å². The minimum absolute atomic E-state index is 0.00404. The van der Waals surface area contributed by atoms with Crippen molar-refractivity contribution in [1.29, 1.82) is 0 Å². The summed E-state index contributed by atoms with van der Waals surface area (Å²) >= 11 is 8.12. The molecule has 0 unspecified atom stereocenters. The zero-order chi connectivity index (χ0) is 23.6. The summed E-state index contributed by atoms with van der Waals surface area (Å²) in [6, 6.07) is 7.23. The highest BCUT2D eigenvalue weighted by molar-refractivity contribution is 14.1. The summed E-state index contributed by atoms with van der Waals surface area (Å²) in [5.74, 6) is -2.04. The van der Waals surface area contributed by atoms with Gasteiger partial charge in [-0.25, -0.2) is 9.67 Å². The van der Waals surface area contributed by atoms with Crippen LogP contribution in [0.15, 0.2) is 36.5 Å². The maximum atomic E-state index is 13.1. The number of amides is 2. The number of carbonyl (C=O) groups excluding carboxylic acids is 2. The third-order valence-electron chi connectivity index (χ3n) is 4.05. The Morgan fingerprint density at radius 3 is 2.66 bits per heavy atom. The number of anilines is 1. The van der Waals surface area contributed by atoms with Gasteiger partial charge in [-0.3, -0.25) is 9.59 Å². The molecule has 2 aromatic heterocycles. The molecule has 0 radical (unpaired) electrons. The van der Waals surface area contributed by atoms with Crippen molar-refractivity contribution in [3.8, 4) is 11.7 Å². The largest absolute Gasteiger partial charge is 0.467 e. The Labute approximate surface area is 198 Å². The topological polar surface area (TPSA) is 112 Å². The van der Waals surface area contributed by atoms with Crippen LogP contribution in [-0.2, 0) is 0 Å². The molecule has 32 heavy (non-hydrogen) atoms. The van der Waals surface area contributed by atoms with E-state index in [0.717, 1.165) is 14.3 Å². The molecule has 13 heteroatoms. The Hall–Kier alpha value is -2.87. The first-order chi connectivity index (χ1) is 15.0. The highest BCUT2D eigenvalue weighted by Gasteiger charge is 2.30. The van der Waals surface area contributed by atoms with Crippen molar-refractivity contribution in [2.45, 2.75) is 13.1 Å². The lowest BCUT2D eigenvalue weighted by Gasteiger charge is -2.13. The molecule has 0 spiro atoms. The zero-order valence-corrected chi connectivity index (χ0v) is 19.1. The van der Waals surface area contributed by atoms with E-state index in [2.05, 4.69) is 20.1 Å². The quantitative estimate of drug-likeness (QED) is 0.427. The summed E-state index contributed by atoms with van der Waals surface area (Å²) in [5, 5.41) is 6.55. The summed E-state index contributed by atoms with van der Waals surface area (Å²) < 4.78 is 44.0. The minimum Gasteiger partial charge on any atom is -0.467 e. The average molecular weight is 580 g/mol. The number of hydrogen-bond donors (Lipinski definition) is 2. The molecule has 0 aliphatic carbocycles. The lowest BCUT2D eigenvalue weighted by atomic mass is 10.1. The third kappa shape index (κ3) is 5.48. The summed E-state index contributed by atoms with van der Waals surface area (Å²) in [5.41, 5.74) is 5.97. The Bertz CT molecular complexity index is 1200. The van der Waals surface area contributed by atoms with Crippen LogP contribution in [0.25, 0.3) is 5.82 Å². The predicted molar refractivity (Wildman–Crippen MR) is 118 cm³/mol. The molecule has 0 saturated carbocycles. The maximum Gasteiger partial charge on any atom is 0.422 e. The molecule has 0 aliphatic heterocycles. The molecule has 0 saturated heterocycles. The number of carbonyl (C=O) groups is 2. The van der Waals surface area contributed by atoms with Gasteiger partial charge in [-0.1, -0.05) is 11.6 Å². The molecule has 2 amide bonds. The van der Waals surface area contributed by atoms with Crippen LogP contribution in [-0.4, -0.2) is 39.4 Å². The van der Waals surface area contributed by atoms with Crippen LogP contribution in [0.4, 0.5) is 18.9 Å². The lowest BCUT2D eigenvalue weighted by molar-refractivity contribution is -0.154. The number of benzene rings is 1. The number of alkyl halides is 3. The molecule has 168 valence electrons. The molecule has 3 rings (SSSR count). The number of nitrogens with zero attached hydrogens (tertiary/aromatic N) is 3. The van der Waals surface area contributed by atoms with Gasteiger partial charge in [-0.05, 0) is 59.3 Å². The monoisotopic (exact) mass is 579 g/mol. The molecule has 1 aromatic carbocycles. The van der Waals surface area contributed by atoms with Crippen molar-refractivity contribution in [2.75, 3.05) is 11.9 Å². The predicted octanol–water partition coefficient (Wildman–Crippen LogP) is 4.13. The normalized spacial score (nSPS) is 11.3. The van der Waals surface area contributed by atoms with Crippen molar-refractivity contribution in [3.05, 3.63) is 61.9 Å². The van der Waals surface area contributed by atoms with E-state index < -0.39 is 30.5 Å². The van der Waals surface area contributed by atoms with Crippen molar-refractivity contribution >= 4 is 51.7 Å². The van der Waals surface area contributed by atoms with E-state index in [0.29, 0.717) is 5.56 Å². The summed E-state index contributed by atoms with van der Waals surface area (Å²) in [6.45, 7) is 0.0537. The SMILES string of the molecule is Cc1cc(I)cc(C(N)=O)c1NC(=O)c1cc(OCC(F)(F)F)nn1-c1ncccc1Cl. The maximum absolute atomic E-state index is 13.1. The fourth-order valence-corrected chi connectivity index (χ4v) is 3.70. The minimum atomic E-state index is -4.61. The van der Waals surface area contributed by atoms with E-state index in [1.807, 2.05) is 22.6 Å². The third-order valence-corrected chi connectivity index (χ3v) is 4.97. The Kier molecular flexibility index (Phi) is 6.93. The number of halogens is 5. The number of rotatable bonds is 6. The second-order valence-electron chi connectivity index (χ2n) is 6.46. The molecule has 0 atom stereocenters. The molecule has 3 N–H and O–H groups in total. The second-order valence-corrected chi connectivity index (χ2v) is 8.11. The standard InChI is InChI=1S/C19H14ClF3IN5O3/c1-9-5-10(24)6-11(16(25)30)15(9)27-18(31)13-7-14(32-8-19(21,22)23)28-29(13)17-12(20)3-2-4-26-17/h2-7H,8H2,1H3,(H2,25,30)(H,27,31). The Morgan fingerprint density at radius 1 is 1.31 bits per heavy atom. The number of nitrogens with one attached hydrogen (secondary N) is 1. The molecular weight excluding hydrogens is 566 g/mol. The van der Waals surface area contributed by atoms with Crippen molar-refractivity contribution in [3.63, 3.8) is 0 Å². The second kappa shape index (κ2) is 9.32. The van der Waals surface area contributed by atoms with Gasteiger partial charge >= 0.3 is 6.18 Å². The first kappa shape index (κ1) is 23.8. The van der Waals surface area contributed by atoms with E-state index in [1.54, 1.807) is 13.0 Å². The van der Waals surface area contributed by atoms with Gasteiger partial charge in [0.05, 0.1) is 16.3 Å². The van der Waals surface area contributed by atoms with Gasteiger partial charge in [0.15, 0.2) is 12.4 Å². The number of primary amides is 1. The number of ether oxygens (including phenoxy) is 1. The van der Waals surface area contributed by atoms with E-state index >= 15 is 0 Å². The number of pyridine rings is 1. The van der Waals surface area contributed by atoms with Gasteiger partial charge in [0, 0.05) is 15.8 Å². The van der Waals surface area contributed by atoms with Gasteiger partial charge in [0.2, 0.25) is 5.88 Å².